The van der Waals surface area contributed by atoms with Gasteiger partial charge in [0.15, 0.2) is 0 Å². The Kier molecular flexibility index (Phi) is 12.3. The minimum absolute atomic E-state index is 0.826. The molecule has 0 saturated heterocycles. The molecule has 17 heavy (non-hydrogen) atoms. The molecule has 0 N–H and O–H groups in total. The Hall–Kier alpha value is -0.0969. The van der Waals surface area contributed by atoms with E-state index in [2.05, 4.69) is 26.0 Å². The van der Waals surface area contributed by atoms with Crippen LogP contribution in [0, 0.1) is 26.0 Å². The van der Waals surface area contributed by atoms with E-state index in [-0.39, 0.29) is 0 Å². The Balaban J connectivity index is 0.000000247. The summed E-state index contributed by atoms with van der Waals surface area (Å²) in [6, 6.07) is 21.6. The average molecular weight is 344 g/mol. The van der Waals surface area contributed by atoms with Crippen LogP contribution in [0.1, 0.15) is 11.1 Å². The van der Waals surface area contributed by atoms with Crippen LogP contribution in [0.2, 0.25) is 0 Å². The molecule has 0 fully saturated rings. The van der Waals surface area contributed by atoms with Crippen LogP contribution in [0.15, 0.2) is 48.5 Å². The topological polar surface area (TPSA) is 0 Å². The van der Waals surface area contributed by atoms with Crippen molar-refractivity contribution in [3.63, 3.8) is 0 Å². The van der Waals surface area contributed by atoms with E-state index in [0.717, 1.165) is 0 Å². The molecule has 0 nitrogen and oxygen atoms in total. The summed E-state index contributed by atoms with van der Waals surface area (Å²) in [5, 5.41) is 0. The number of hydrogen-bond donors (Lipinski definition) is 0. The fourth-order valence-electron chi connectivity index (χ4n) is 0.940. The molecule has 0 saturated carbocycles. The van der Waals surface area contributed by atoms with Crippen molar-refractivity contribution in [1.29, 1.82) is 0 Å². The van der Waals surface area contributed by atoms with Gasteiger partial charge in [0.1, 0.15) is 0 Å². The SMILES string of the molecule is Cc1cc[c-]cc1.Cc1cc[c-]cc1.[Cl][Zr+2][Cl]. The zero-order valence-corrected chi connectivity index (χ0v) is 13.8. The summed E-state index contributed by atoms with van der Waals surface area (Å²) in [6.45, 7) is 4.13. The molecule has 3 heteroatoms. The van der Waals surface area contributed by atoms with E-state index >= 15 is 0 Å². The third-order valence-electron chi connectivity index (χ3n) is 1.77. The second-order valence-electron chi connectivity index (χ2n) is 3.23. The number of hydrogen-bond acceptors (Lipinski definition) is 0. The van der Waals surface area contributed by atoms with Crippen molar-refractivity contribution in [2.75, 3.05) is 0 Å². The van der Waals surface area contributed by atoms with Crippen molar-refractivity contribution >= 4 is 17.0 Å². The normalized spacial score (nSPS) is 7.76. The molecule has 0 aliphatic rings. The van der Waals surface area contributed by atoms with Crippen LogP contribution in [0.3, 0.4) is 0 Å². The Labute approximate surface area is 123 Å². The summed E-state index contributed by atoms with van der Waals surface area (Å²) in [4.78, 5) is 0. The van der Waals surface area contributed by atoms with Gasteiger partial charge in [0.05, 0.1) is 0 Å². The summed E-state index contributed by atoms with van der Waals surface area (Å²) in [6.07, 6.45) is 0. The van der Waals surface area contributed by atoms with Crippen LogP contribution in [0.4, 0.5) is 0 Å². The molecule has 0 spiro atoms. The predicted octanol–water partition coefficient (Wildman–Crippen LogP) is 4.97. The van der Waals surface area contributed by atoms with Gasteiger partial charge >= 0.3 is 37.9 Å². The molecule has 0 unspecified atom stereocenters. The van der Waals surface area contributed by atoms with Gasteiger partial charge in [-0.05, 0) is 0 Å². The van der Waals surface area contributed by atoms with Crippen LogP contribution in [0.5, 0.6) is 0 Å². The first-order chi connectivity index (χ1) is 8.20. The average Bonchev–Trinajstić information content (AvgIpc) is 2.33. The number of halogens is 2. The maximum absolute atomic E-state index is 4.93. The van der Waals surface area contributed by atoms with Crippen LogP contribution < -0.4 is 0 Å². The molecule has 0 atom stereocenters. The van der Waals surface area contributed by atoms with Crippen molar-refractivity contribution in [1.82, 2.24) is 0 Å². The summed E-state index contributed by atoms with van der Waals surface area (Å²) < 4.78 is 0. The van der Waals surface area contributed by atoms with E-state index in [1.807, 2.05) is 48.5 Å². The van der Waals surface area contributed by atoms with Crippen LogP contribution >= 0.6 is 17.0 Å². The van der Waals surface area contributed by atoms with Gasteiger partial charge in [-0.25, -0.2) is 0 Å². The molecular formula is C14H14Cl2Zr. The van der Waals surface area contributed by atoms with Gasteiger partial charge in [-0.1, -0.05) is 13.8 Å². The van der Waals surface area contributed by atoms with Gasteiger partial charge in [-0.2, -0.15) is 71.8 Å². The number of rotatable bonds is 0. The molecule has 0 radical (unpaired) electrons. The number of aryl methyl sites for hydroxylation is 2. The van der Waals surface area contributed by atoms with Gasteiger partial charge in [0, 0.05) is 0 Å². The minimum atomic E-state index is -0.826. The first-order valence-corrected chi connectivity index (χ1v) is 11.4. The Bertz CT molecular complexity index is 325. The summed E-state index contributed by atoms with van der Waals surface area (Å²) in [5.74, 6) is 0. The first-order valence-electron chi connectivity index (χ1n) is 5.02. The molecule has 0 aliphatic heterocycles. The summed E-state index contributed by atoms with van der Waals surface area (Å²) >= 11 is -0.826. The zero-order valence-electron chi connectivity index (χ0n) is 9.87. The molecular weight excluding hydrogens is 330 g/mol. The van der Waals surface area contributed by atoms with Crippen molar-refractivity contribution in [3.8, 4) is 0 Å². The standard InChI is InChI=1S/2C7H7.2ClH.Zr/c2*1-7-5-3-2-4-6-7;;;/h2*3-6H,1H3;2*1H;/q2*-1;;;+4/p-2. The van der Waals surface area contributed by atoms with Crippen molar-refractivity contribution in [3.05, 3.63) is 71.8 Å². The van der Waals surface area contributed by atoms with Crippen LogP contribution in [0.25, 0.3) is 0 Å². The second-order valence-corrected chi connectivity index (χ2v) is 6.96. The molecule has 0 aromatic heterocycles. The van der Waals surface area contributed by atoms with E-state index in [0.29, 0.717) is 0 Å². The Morgan fingerprint density at radius 2 is 1.00 bits per heavy atom. The third kappa shape index (κ3) is 12.2. The quantitative estimate of drug-likeness (QED) is 0.592. The van der Waals surface area contributed by atoms with E-state index < -0.39 is 20.8 Å². The number of benzene rings is 2. The van der Waals surface area contributed by atoms with E-state index in [4.69, 9.17) is 17.0 Å². The molecule has 0 bridgehead atoms. The summed E-state index contributed by atoms with van der Waals surface area (Å²) in [5.41, 5.74) is 2.58. The second kappa shape index (κ2) is 12.4. The molecule has 2 aromatic carbocycles. The van der Waals surface area contributed by atoms with Gasteiger partial charge in [0.25, 0.3) is 0 Å². The molecule has 0 amide bonds. The zero-order chi connectivity index (χ0) is 12.9. The fourth-order valence-corrected chi connectivity index (χ4v) is 0.940. The van der Waals surface area contributed by atoms with E-state index in [1.54, 1.807) is 0 Å². The maximum atomic E-state index is 4.93. The van der Waals surface area contributed by atoms with E-state index in [9.17, 15) is 0 Å². The van der Waals surface area contributed by atoms with Crippen molar-refractivity contribution in [2.24, 2.45) is 0 Å². The predicted molar refractivity (Wildman–Crippen MR) is 71.7 cm³/mol. The molecule has 0 aliphatic carbocycles. The fraction of sp³-hybridized carbons (Fsp3) is 0.143. The van der Waals surface area contributed by atoms with Gasteiger partial charge in [0.2, 0.25) is 0 Å². The molecule has 2 aromatic rings. The van der Waals surface area contributed by atoms with Crippen LogP contribution in [-0.4, -0.2) is 0 Å². The van der Waals surface area contributed by atoms with Crippen LogP contribution in [-0.2, 0) is 20.8 Å². The summed E-state index contributed by atoms with van der Waals surface area (Å²) in [7, 11) is 9.87. The van der Waals surface area contributed by atoms with E-state index in [1.165, 1.54) is 11.1 Å². The Morgan fingerprint density at radius 1 is 0.765 bits per heavy atom. The van der Waals surface area contributed by atoms with Crippen molar-refractivity contribution in [2.45, 2.75) is 13.8 Å². The van der Waals surface area contributed by atoms with Crippen molar-refractivity contribution < 1.29 is 20.8 Å². The van der Waals surface area contributed by atoms with Gasteiger partial charge in [-0.3, -0.25) is 0 Å². The van der Waals surface area contributed by atoms with Gasteiger partial charge < -0.3 is 0 Å². The molecule has 2 rings (SSSR count). The molecule has 0 heterocycles. The molecule has 88 valence electrons. The van der Waals surface area contributed by atoms with Gasteiger partial charge in [-0.15, -0.1) is 0 Å². The third-order valence-corrected chi connectivity index (χ3v) is 1.77. The Morgan fingerprint density at radius 3 is 1.12 bits per heavy atom. The monoisotopic (exact) mass is 342 g/mol. The first kappa shape index (κ1) is 16.9.